The largest absolute Gasteiger partial charge is 0.365 e. The molecule has 1 heterocycles. The highest BCUT2D eigenvalue weighted by atomic mass is 15.1. The van der Waals surface area contributed by atoms with Crippen LogP contribution in [0.25, 0.3) is 0 Å². The highest BCUT2D eigenvalue weighted by Gasteiger charge is 2.16. The average Bonchev–Trinajstić information content (AvgIpc) is 2.36. The van der Waals surface area contributed by atoms with Gasteiger partial charge in [0.15, 0.2) is 0 Å². The molecular formula is C15H22N4. The number of nitrogens with one attached hydrogen (secondary N) is 1. The fourth-order valence-corrected chi connectivity index (χ4v) is 2.66. The molecule has 4 heteroatoms. The van der Waals surface area contributed by atoms with E-state index in [9.17, 15) is 5.26 Å². The summed E-state index contributed by atoms with van der Waals surface area (Å²) >= 11 is 0. The minimum Gasteiger partial charge on any atom is -0.365 e. The molecule has 1 aliphatic rings. The monoisotopic (exact) mass is 258 g/mol. The first-order valence-electron chi connectivity index (χ1n) is 6.94. The summed E-state index contributed by atoms with van der Waals surface area (Å²) in [7, 11) is 4.09. The lowest BCUT2D eigenvalue weighted by Gasteiger charge is -2.22. The van der Waals surface area contributed by atoms with Crippen molar-refractivity contribution in [3.05, 3.63) is 22.9 Å². The van der Waals surface area contributed by atoms with Gasteiger partial charge in [-0.25, -0.2) is 4.98 Å². The lowest BCUT2D eigenvalue weighted by molar-refractivity contribution is 0.392. The fraction of sp³-hybridized carbons (Fsp3) is 0.600. The lowest BCUT2D eigenvalue weighted by atomic mass is 9.95. The number of rotatable bonds is 4. The number of pyridine rings is 1. The molecule has 102 valence electrons. The van der Waals surface area contributed by atoms with Gasteiger partial charge < -0.3 is 10.2 Å². The van der Waals surface area contributed by atoms with E-state index in [-0.39, 0.29) is 6.04 Å². The second-order valence-corrected chi connectivity index (χ2v) is 5.62. The predicted molar refractivity (Wildman–Crippen MR) is 77.2 cm³/mol. The Labute approximate surface area is 115 Å². The maximum atomic E-state index is 9.27. The van der Waals surface area contributed by atoms with Crippen LogP contribution >= 0.6 is 0 Å². The van der Waals surface area contributed by atoms with Crippen molar-refractivity contribution in [3.63, 3.8) is 0 Å². The molecule has 2 rings (SSSR count). The normalized spacial score (nSPS) is 15.7. The van der Waals surface area contributed by atoms with E-state index in [1.807, 2.05) is 20.2 Å². The van der Waals surface area contributed by atoms with Crippen LogP contribution in [0.15, 0.2) is 6.07 Å². The van der Waals surface area contributed by atoms with Crippen molar-refractivity contribution in [1.29, 1.82) is 5.26 Å². The van der Waals surface area contributed by atoms with Crippen LogP contribution < -0.4 is 5.32 Å². The van der Waals surface area contributed by atoms with Crippen LogP contribution in [-0.4, -0.2) is 36.6 Å². The first-order chi connectivity index (χ1) is 9.10. The number of nitrogens with zero attached hydrogens (tertiary/aromatic N) is 3. The van der Waals surface area contributed by atoms with Crippen LogP contribution in [0.2, 0.25) is 0 Å². The predicted octanol–water partition coefficient (Wildman–Crippen LogP) is 2.19. The van der Waals surface area contributed by atoms with Crippen molar-refractivity contribution in [3.8, 4) is 6.07 Å². The van der Waals surface area contributed by atoms with Gasteiger partial charge in [0, 0.05) is 18.3 Å². The number of hydrogen-bond donors (Lipinski definition) is 1. The Kier molecular flexibility index (Phi) is 4.39. The minimum atomic E-state index is 0.274. The average molecular weight is 258 g/mol. The molecule has 0 aromatic carbocycles. The number of fused-ring (bicyclic) bond motifs is 1. The first-order valence-corrected chi connectivity index (χ1v) is 6.94. The number of nitriles is 1. The molecular weight excluding hydrogens is 236 g/mol. The van der Waals surface area contributed by atoms with Gasteiger partial charge in [-0.05, 0) is 58.3 Å². The van der Waals surface area contributed by atoms with E-state index in [0.29, 0.717) is 5.56 Å². The number of likely N-dealkylation sites (N-methyl/N-ethyl adjacent to an activating group) is 1. The Morgan fingerprint density at radius 3 is 2.84 bits per heavy atom. The summed E-state index contributed by atoms with van der Waals surface area (Å²) in [6.45, 7) is 3.03. The van der Waals surface area contributed by atoms with Gasteiger partial charge in [-0.15, -0.1) is 0 Å². The highest BCUT2D eigenvalue weighted by Crippen LogP contribution is 2.24. The van der Waals surface area contributed by atoms with Crippen molar-refractivity contribution in [2.75, 3.05) is 26.0 Å². The van der Waals surface area contributed by atoms with E-state index < -0.39 is 0 Å². The van der Waals surface area contributed by atoms with Crippen molar-refractivity contribution in [2.45, 2.75) is 38.6 Å². The van der Waals surface area contributed by atoms with E-state index in [1.165, 1.54) is 24.1 Å². The SMILES string of the molecule is CC(CN(C)C)Nc1nc2c(cc1C#N)CCCC2. The molecule has 0 saturated carbocycles. The number of hydrogen-bond acceptors (Lipinski definition) is 4. The number of aryl methyl sites for hydroxylation is 2. The minimum absolute atomic E-state index is 0.274. The Morgan fingerprint density at radius 1 is 1.42 bits per heavy atom. The van der Waals surface area contributed by atoms with Crippen LogP contribution in [0.5, 0.6) is 0 Å². The van der Waals surface area contributed by atoms with Crippen molar-refractivity contribution in [2.24, 2.45) is 0 Å². The molecule has 1 unspecified atom stereocenters. The zero-order chi connectivity index (χ0) is 13.8. The van der Waals surface area contributed by atoms with E-state index in [4.69, 9.17) is 0 Å². The molecule has 1 aromatic heterocycles. The van der Waals surface area contributed by atoms with Crippen molar-refractivity contribution < 1.29 is 0 Å². The van der Waals surface area contributed by atoms with Gasteiger partial charge in [0.05, 0.1) is 5.56 Å². The number of anilines is 1. The molecule has 4 nitrogen and oxygen atoms in total. The zero-order valence-electron chi connectivity index (χ0n) is 12.0. The Hall–Kier alpha value is -1.60. The quantitative estimate of drug-likeness (QED) is 0.899. The Balaban J connectivity index is 2.22. The second-order valence-electron chi connectivity index (χ2n) is 5.62. The summed E-state index contributed by atoms with van der Waals surface area (Å²) in [6.07, 6.45) is 4.52. The zero-order valence-corrected chi connectivity index (χ0v) is 12.0. The van der Waals surface area contributed by atoms with E-state index >= 15 is 0 Å². The van der Waals surface area contributed by atoms with Crippen LogP contribution in [-0.2, 0) is 12.8 Å². The van der Waals surface area contributed by atoms with Gasteiger partial charge in [0.2, 0.25) is 0 Å². The standard InChI is InChI=1S/C15H22N4/c1-11(10-19(2)3)17-15-13(9-16)8-12-6-4-5-7-14(12)18-15/h8,11H,4-7,10H2,1-3H3,(H,17,18). The summed E-state index contributed by atoms with van der Waals surface area (Å²) in [4.78, 5) is 6.81. The number of aromatic nitrogens is 1. The smallest absolute Gasteiger partial charge is 0.144 e. The molecule has 0 aliphatic heterocycles. The third kappa shape index (κ3) is 3.45. The molecule has 0 spiro atoms. The van der Waals surface area contributed by atoms with E-state index in [0.717, 1.165) is 25.2 Å². The van der Waals surface area contributed by atoms with Gasteiger partial charge in [0.25, 0.3) is 0 Å². The molecule has 19 heavy (non-hydrogen) atoms. The van der Waals surface area contributed by atoms with Gasteiger partial charge in [-0.1, -0.05) is 0 Å². The molecule has 0 fully saturated rings. The summed E-state index contributed by atoms with van der Waals surface area (Å²) in [5, 5.41) is 12.6. The summed E-state index contributed by atoms with van der Waals surface area (Å²) in [5.74, 6) is 0.748. The van der Waals surface area contributed by atoms with Gasteiger partial charge in [0.1, 0.15) is 11.9 Å². The van der Waals surface area contributed by atoms with Crippen LogP contribution in [0, 0.1) is 11.3 Å². The highest BCUT2D eigenvalue weighted by molar-refractivity contribution is 5.55. The van der Waals surface area contributed by atoms with Crippen LogP contribution in [0.4, 0.5) is 5.82 Å². The maximum absolute atomic E-state index is 9.27. The molecule has 1 N–H and O–H groups in total. The van der Waals surface area contributed by atoms with E-state index in [1.54, 1.807) is 0 Å². The van der Waals surface area contributed by atoms with Crippen molar-refractivity contribution >= 4 is 5.82 Å². The molecule has 0 bridgehead atoms. The third-order valence-corrected chi connectivity index (χ3v) is 3.44. The Morgan fingerprint density at radius 2 is 2.16 bits per heavy atom. The summed E-state index contributed by atoms with van der Waals surface area (Å²) < 4.78 is 0. The molecule has 1 aliphatic carbocycles. The molecule has 1 atom stereocenters. The van der Waals surface area contributed by atoms with Gasteiger partial charge >= 0.3 is 0 Å². The molecule has 0 amide bonds. The van der Waals surface area contributed by atoms with Crippen molar-refractivity contribution in [1.82, 2.24) is 9.88 Å². The van der Waals surface area contributed by atoms with Crippen LogP contribution in [0.3, 0.4) is 0 Å². The second kappa shape index (κ2) is 6.03. The topological polar surface area (TPSA) is 52.0 Å². The third-order valence-electron chi connectivity index (χ3n) is 3.44. The summed E-state index contributed by atoms with van der Waals surface area (Å²) in [6, 6.07) is 4.56. The fourth-order valence-electron chi connectivity index (χ4n) is 2.66. The van der Waals surface area contributed by atoms with Gasteiger partial charge in [-0.2, -0.15) is 5.26 Å². The van der Waals surface area contributed by atoms with E-state index in [2.05, 4.69) is 28.2 Å². The molecule has 0 saturated heterocycles. The maximum Gasteiger partial charge on any atom is 0.144 e. The van der Waals surface area contributed by atoms with Gasteiger partial charge in [-0.3, -0.25) is 0 Å². The van der Waals surface area contributed by atoms with Crippen LogP contribution in [0.1, 0.15) is 36.6 Å². The molecule has 1 aromatic rings. The Bertz CT molecular complexity index is 488. The lowest BCUT2D eigenvalue weighted by Crippen LogP contribution is -2.30. The summed E-state index contributed by atoms with van der Waals surface area (Å²) in [5.41, 5.74) is 3.10. The first kappa shape index (κ1) is 13.8. The molecule has 0 radical (unpaired) electrons.